The minimum Gasteiger partial charge on any atom is -0.484 e. The molecule has 134 valence electrons. The van der Waals surface area contributed by atoms with Gasteiger partial charge in [0.05, 0.1) is 6.04 Å². The maximum Gasteiger partial charge on any atom is 0.258 e. The summed E-state index contributed by atoms with van der Waals surface area (Å²) in [7, 11) is 4.03. The van der Waals surface area contributed by atoms with Gasteiger partial charge < -0.3 is 15.0 Å². The first-order chi connectivity index (χ1) is 11.9. The summed E-state index contributed by atoms with van der Waals surface area (Å²) in [6.07, 6.45) is 0.810. The molecule has 0 aliphatic carbocycles. The van der Waals surface area contributed by atoms with Gasteiger partial charge in [0, 0.05) is 5.02 Å². The molecule has 2 rings (SSSR count). The summed E-state index contributed by atoms with van der Waals surface area (Å²) in [6, 6.07) is 15.2. The summed E-state index contributed by atoms with van der Waals surface area (Å²) in [5.74, 6) is 0.552. The average Bonchev–Trinajstić information content (AvgIpc) is 2.59. The number of nitrogens with zero attached hydrogens (tertiary/aromatic N) is 1. The van der Waals surface area contributed by atoms with Crippen LogP contribution in [0.25, 0.3) is 0 Å². The summed E-state index contributed by atoms with van der Waals surface area (Å²) in [6.45, 7) is 2.87. The van der Waals surface area contributed by atoms with E-state index >= 15 is 0 Å². The fourth-order valence-electron chi connectivity index (χ4n) is 2.42. The third kappa shape index (κ3) is 6.77. The molecule has 4 nitrogen and oxygen atoms in total. The van der Waals surface area contributed by atoms with Crippen LogP contribution in [0.3, 0.4) is 0 Å². The van der Waals surface area contributed by atoms with Gasteiger partial charge in [0.25, 0.3) is 5.91 Å². The molecule has 1 amide bonds. The maximum atomic E-state index is 12.3. The number of benzene rings is 2. The molecule has 0 radical (unpaired) electrons. The first kappa shape index (κ1) is 19.3. The first-order valence-corrected chi connectivity index (χ1v) is 8.71. The molecule has 1 atom stereocenters. The number of carbonyl (C=O) groups excluding carboxylic acids is 1. The molecule has 1 N–H and O–H groups in total. The van der Waals surface area contributed by atoms with E-state index in [0.29, 0.717) is 10.8 Å². The number of carbonyl (C=O) groups is 1. The Morgan fingerprint density at radius 1 is 1.12 bits per heavy atom. The van der Waals surface area contributed by atoms with Gasteiger partial charge in [-0.1, -0.05) is 41.4 Å². The zero-order valence-electron chi connectivity index (χ0n) is 15.0. The lowest BCUT2D eigenvalue weighted by Gasteiger charge is -2.21. The van der Waals surface area contributed by atoms with Crippen LogP contribution in [0.15, 0.2) is 48.5 Å². The van der Waals surface area contributed by atoms with Crippen molar-refractivity contribution in [2.45, 2.75) is 19.4 Å². The van der Waals surface area contributed by atoms with Crippen molar-refractivity contribution >= 4 is 17.5 Å². The Morgan fingerprint density at radius 3 is 2.36 bits per heavy atom. The van der Waals surface area contributed by atoms with Crippen molar-refractivity contribution < 1.29 is 9.53 Å². The molecular weight excluding hydrogens is 336 g/mol. The van der Waals surface area contributed by atoms with Crippen molar-refractivity contribution in [3.8, 4) is 5.75 Å². The Balaban J connectivity index is 1.95. The Labute approximate surface area is 154 Å². The molecule has 0 bridgehead atoms. The third-order valence-corrected chi connectivity index (χ3v) is 4.12. The molecule has 5 heteroatoms. The zero-order valence-corrected chi connectivity index (χ0v) is 15.7. The van der Waals surface area contributed by atoms with E-state index in [1.54, 1.807) is 0 Å². The number of hydrogen-bond acceptors (Lipinski definition) is 3. The van der Waals surface area contributed by atoms with E-state index in [4.69, 9.17) is 16.3 Å². The molecule has 0 fully saturated rings. The van der Waals surface area contributed by atoms with Crippen LogP contribution in [0.4, 0.5) is 0 Å². The van der Waals surface area contributed by atoms with Gasteiger partial charge in [-0.05, 0) is 63.8 Å². The smallest absolute Gasteiger partial charge is 0.258 e. The Morgan fingerprint density at radius 2 is 1.76 bits per heavy atom. The van der Waals surface area contributed by atoms with Crippen LogP contribution in [0, 0.1) is 6.92 Å². The van der Waals surface area contributed by atoms with Crippen LogP contribution < -0.4 is 10.1 Å². The molecule has 0 aromatic heterocycles. The Hall–Kier alpha value is -2.04. The largest absolute Gasteiger partial charge is 0.484 e. The number of ether oxygens (including phenoxy) is 1. The molecule has 2 aromatic rings. The van der Waals surface area contributed by atoms with Crippen LogP contribution in [-0.2, 0) is 4.79 Å². The molecule has 0 heterocycles. The summed E-state index contributed by atoms with van der Waals surface area (Å²) in [5, 5.41) is 3.74. The maximum absolute atomic E-state index is 12.3. The summed E-state index contributed by atoms with van der Waals surface area (Å²) >= 11 is 5.96. The van der Waals surface area contributed by atoms with E-state index in [9.17, 15) is 4.79 Å². The minimum atomic E-state index is -0.140. The number of hydrogen-bond donors (Lipinski definition) is 1. The zero-order chi connectivity index (χ0) is 18.2. The van der Waals surface area contributed by atoms with Gasteiger partial charge in [0.1, 0.15) is 5.75 Å². The molecule has 25 heavy (non-hydrogen) atoms. The molecule has 1 unspecified atom stereocenters. The monoisotopic (exact) mass is 360 g/mol. The van der Waals surface area contributed by atoms with Gasteiger partial charge in [0.2, 0.25) is 0 Å². The molecule has 0 saturated heterocycles. The van der Waals surface area contributed by atoms with Gasteiger partial charge >= 0.3 is 0 Å². The Kier molecular flexibility index (Phi) is 7.29. The van der Waals surface area contributed by atoms with E-state index in [0.717, 1.165) is 24.1 Å². The van der Waals surface area contributed by atoms with Gasteiger partial charge in [-0.2, -0.15) is 0 Å². The second kappa shape index (κ2) is 9.44. The molecule has 2 aromatic carbocycles. The SMILES string of the molecule is Cc1ccc(OCC(=O)NC(CCN(C)C)c2ccc(Cl)cc2)cc1. The number of rotatable bonds is 8. The fraction of sp³-hybridized carbons (Fsp3) is 0.350. The van der Waals surface area contributed by atoms with Crippen molar-refractivity contribution in [3.63, 3.8) is 0 Å². The average molecular weight is 361 g/mol. The Bertz CT molecular complexity index is 669. The molecule has 0 spiro atoms. The normalized spacial score (nSPS) is 12.0. The summed E-state index contributed by atoms with van der Waals surface area (Å²) < 4.78 is 5.56. The second-order valence-corrected chi connectivity index (χ2v) is 6.80. The van der Waals surface area contributed by atoms with Crippen LogP contribution in [0.1, 0.15) is 23.6 Å². The van der Waals surface area contributed by atoms with Crippen molar-refractivity contribution in [2.75, 3.05) is 27.2 Å². The highest BCUT2D eigenvalue weighted by Crippen LogP contribution is 2.20. The predicted octanol–water partition coefficient (Wildman–Crippen LogP) is 3.84. The number of aryl methyl sites for hydroxylation is 1. The molecule has 0 saturated carbocycles. The number of nitrogens with one attached hydrogen (secondary N) is 1. The van der Waals surface area contributed by atoms with Crippen LogP contribution in [0.2, 0.25) is 5.02 Å². The highest BCUT2D eigenvalue weighted by Gasteiger charge is 2.15. The highest BCUT2D eigenvalue weighted by atomic mass is 35.5. The van der Waals surface area contributed by atoms with E-state index in [1.165, 1.54) is 0 Å². The van der Waals surface area contributed by atoms with Crippen molar-refractivity contribution in [1.82, 2.24) is 10.2 Å². The van der Waals surface area contributed by atoms with Gasteiger partial charge in [0.15, 0.2) is 6.61 Å². The van der Waals surface area contributed by atoms with Crippen LogP contribution in [-0.4, -0.2) is 38.1 Å². The van der Waals surface area contributed by atoms with Crippen molar-refractivity contribution in [1.29, 1.82) is 0 Å². The topological polar surface area (TPSA) is 41.6 Å². The first-order valence-electron chi connectivity index (χ1n) is 8.33. The predicted molar refractivity (Wildman–Crippen MR) is 102 cm³/mol. The number of amides is 1. The van der Waals surface area contributed by atoms with E-state index in [2.05, 4.69) is 10.2 Å². The van der Waals surface area contributed by atoms with Gasteiger partial charge in [-0.3, -0.25) is 4.79 Å². The standard InChI is InChI=1S/C20H25ClN2O2/c1-15-4-10-18(11-5-15)25-14-20(24)22-19(12-13-23(2)3)16-6-8-17(21)9-7-16/h4-11,19H,12-14H2,1-3H3,(H,22,24). The summed E-state index contributed by atoms with van der Waals surface area (Å²) in [5.41, 5.74) is 2.19. The molecule has 0 aliphatic heterocycles. The van der Waals surface area contributed by atoms with E-state index in [1.807, 2.05) is 69.6 Å². The fourth-order valence-corrected chi connectivity index (χ4v) is 2.55. The third-order valence-electron chi connectivity index (χ3n) is 3.86. The van der Waals surface area contributed by atoms with E-state index < -0.39 is 0 Å². The lowest BCUT2D eigenvalue weighted by molar-refractivity contribution is -0.123. The van der Waals surface area contributed by atoms with Gasteiger partial charge in [-0.25, -0.2) is 0 Å². The van der Waals surface area contributed by atoms with Crippen molar-refractivity contribution in [2.24, 2.45) is 0 Å². The lowest BCUT2D eigenvalue weighted by Crippen LogP contribution is -2.34. The van der Waals surface area contributed by atoms with E-state index in [-0.39, 0.29) is 18.6 Å². The van der Waals surface area contributed by atoms with Crippen molar-refractivity contribution in [3.05, 3.63) is 64.7 Å². The van der Waals surface area contributed by atoms with Crippen LogP contribution in [0.5, 0.6) is 5.75 Å². The number of halogens is 1. The minimum absolute atomic E-state index is 0.00485. The lowest BCUT2D eigenvalue weighted by atomic mass is 10.0. The molecular formula is C20H25ClN2O2. The molecule has 0 aliphatic rings. The van der Waals surface area contributed by atoms with Crippen LogP contribution >= 0.6 is 11.6 Å². The van der Waals surface area contributed by atoms with Gasteiger partial charge in [-0.15, -0.1) is 0 Å². The summed E-state index contributed by atoms with van der Waals surface area (Å²) in [4.78, 5) is 14.4. The quantitative estimate of drug-likeness (QED) is 0.777. The second-order valence-electron chi connectivity index (χ2n) is 6.37. The highest BCUT2D eigenvalue weighted by molar-refractivity contribution is 6.30.